The molecule has 0 atom stereocenters. The lowest BCUT2D eigenvalue weighted by Gasteiger charge is -2.01. The van der Waals surface area contributed by atoms with Gasteiger partial charge in [-0.15, -0.1) is 5.10 Å². The predicted octanol–water partition coefficient (Wildman–Crippen LogP) is 0.461. The summed E-state index contributed by atoms with van der Waals surface area (Å²) < 4.78 is 1.87. The van der Waals surface area contributed by atoms with E-state index >= 15 is 0 Å². The Balaban J connectivity index is 2.22. The van der Waals surface area contributed by atoms with Crippen molar-refractivity contribution in [3.8, 4) is 0 Å². The summed E-state index contributed by atoms with van der Waals surface area (Å²) in [6, 6.07) is 0. The third-order valence-electron chi connectivity index (χ3n) is 1.61. The molecular weight excluding hydrogens is 312 g/mol. The van der Waals surface area contributed by atoms with E-state index < -0.39 is 5.97 Å². The first-order chi connectivity index (χ1) is 8.16. The van der Waals surface area contributed by atoms with Crippen molar-refractivity contribution in [3.63, 3.8) is 0 Å². The Morgan fingerprint density at radius 2 is 2.41 bits per heavy atom. The molecule has 88 valence electrons. The van der Waals surface area contributed by atoms with Gasteiger partial charge < -0.3 is 5.11 Å². The van der Waals surface area contributed by atoms with E-state index in [-0.39, 0.29) is 6.54 Å². The van der Waals surface area contributed by atoms with Crippen molar-refractivity contribution < 1.29 is 9.90 Å². The van der Waals surface area contributed by atoms with E-state index in [0.717, 1.165) is 11.8 Å². The molecule has 0 aromatic carbocycles. The molecule has 2 aromatic rings. The van der Waals surface area contributed by atoms with E-state index in [1.807, 2.05) is 0 Å². The molecule has 0 amide bonds. The lowest BCUT2D eigenvalue weighted by molar-refractivity contribution is -0.138. The summed E-state index contributed by atoms with van der Waals surface area (Å²) in [5, 5.41) is 20.4. The van der Waals surface area contributed by atoms with E-state index in [1.54, 1.807) is 6.20 Å². The first-order valence-corrected chi connectivity index (χ1v) is 5.89. The minimum atomic E-state index is -1.01. The molecule has 2 heterocycles. The van der Waals surface area contributed by atoms with E-state index in [1.165, 1.54) is 11.0 Å². The summed E-state index contributed by atoms with van der Waals surface area (Å²) in [5.41, 5.74) is 0. The highest BCUT2D eigenvalue weighted by molar-refractivity contribution is 9.10. The number of hydrogen-bond acceptors (Lipinski definition) is 7. The number of tetrazole rings is 1. The second kappa shape index (κ2) is 5.19. The number of halogens is 1. The van der Waals surface area contributed by atoms with E-state index in [4.69, 9.17) is 5.11 Å². The molecule has 0 fully saturated rings. The first kappa shape index (κ1) is 11.9. The second-order valence-electron chi connectivity index (χ2n) is 2.79. The van der Waals surface area contributed by atoms with E-state index in [2.05, 4.69) is 41.4 Å². The highest BCUT2D eigenvalue weighted by Gasteiger charge is 2.13. The zero-order valence-electron chi connectivity index (χ0n) is 8.19. The third kappa shape index (κ3) is 2.97. The zero-order valence-corrected chi connectivity index (χ0v) is 10.6. The Kier molecular flexibility index (Phi) is 3.64. The largest absolute Gasteiger partial charge is 0.480 e. The highest BCUT2D eigenvalue weighted by atomic mass is 79.9. The summed E-state index contributed by atoms with van der Waals surface area (Å²) in [5.74, 6) is -1.01. The van der Waals surface area contributed by atoms with Gasteiger partial charge in [-0.1, -0.05) is 0 Å². The number of aromatic nitrogens is 6. The van der Waals surface area contributed by atoms with Gasteiger partial charge in [-0.2, -0.15) is 0 Å². The SMILES string of the molecule is O=C(O)Cn1nnnc1Sc1ncncc1Br. The number of carboxylic acid groups (broad SMARTS) is 1. The van der Waals surface area contributed by atoms with Crippen LogP contribution in [0.3, 0.4) is 0 Å². The monoisotopic (exact) mass is 316 g/mol. The van der Waals surface area contributed by atoms with Gasteiger partial charge >= 0.3 is 5.97 Å². The maximum Gasteiger partial charge on any atom is 0.325 e. The maximum atomic E-state index is 10.6. The summed E-state index contributed by atoms with van der Waals surface area (Å²) in [4.78, 5) is 18.4. The average molecular weight is 317 g/mol. The molecule has 8 nitrogen and oxygen atoms in total. The number of carboxylic acids is 1. The Hall–Kier alpha value is -1.55. The maximum absolute atomic E-state index is 10.6. The lowest BCUT2D eigenvalue weighted by Crippen LogP contribution is -2.11. The molecule has 0 saturated heterocycles. The van der Waals surface area contributed by atoms with Crippen LogP contribution >= 0.6 is 27.7 Å². The Morgan fingerprint density at radius 1 is 1.59 bits per heavy atom. The number of carbonyl (C=O) groups is 1. The normalized spacial score (nSPS) is 10.4. The minimum absolute atomic E-state index is 0.294. The Labute approximate surface area is 108 Å². The van der Waals surface area contributed by atoms with Gasteiger partial charge in [-0.05, 0) is 38.1 Å². The van der Waals surface area contributed by atoms with Crippen molar-refractivity contribution in [1.82, 2.24) is 30.2 Å². The van der Waals surface area contributed by atoms with Crippen molar-refractivity contribution >= 4 is 33.7 Å². The molecular formula is C7H5BrN6O2S. The quantitative estimate of drug-likeness (QED) is 0.811. The molecule has 0 unspecified atom stereocenters. The van der Waals surface area contributed by atoms with Crippen molar-refractivity contribution in [2.75, 3.05) is 0 Å². The Bertz CT molecular complexity index is 547. The first-order valence-electron chi connectivity index (χ1n) is 4.28. The predicted molar refractivity (Wildman–Crippen MR) is 59.3 cm³/mol. The molecule has 0 aliphatic carbocycles. The van der Waals surface area contributed by atoms with Crippen molar-refractivity contribution in [2.45, 2.75) is 16.7 Å². The molecule has 0 aliphatic heterocycles. The topological polar surface area (TPSA) is 107 Å². The molecule has 2 rings (SSSR count). The highest BCUT2D eigenvalue weighted by Crippen LogP contribution is 2.28. The molecule has 0 aliphatic rings. The van der Waals surface area contributed by atoms with Gasteiger partial charge in [0.1, 0.15) is 17.9 Å². The molecule has 1 N–H and O–H groups in total. The molecule has 10 heteroatoms. The summed E-state index contributed by atoms with van der Waals surface area (Å²) >= 11 is 4.43. The Morgan fingerprint density at radius 3 is 3.12 bits per heavy atom. The standard InChI is InChI=1S/C7H5BrN6O2S/c8-4-1-9-3-10-6(4)17-7-11-12-13-14(7)2-5(15)16/h1,3H,2H2,(H,15,16). The number of aliphatic carboxylic acids is 1. The van der Waals surface area contributed by atoms with Gasteiger partial charge in [0.15, 0.2) is 0 Å². The van der Waals surface area contributed by atoms with Crippen LogP contribution in [0.2, 0.25) is 0 Å². The van der Waals surface area contributed by atoms with Crippen LogP contribution in [0, 0.1) is 0 Å². The molecule has 0 saturated carbocycles. The van der Waals surface area contributed by atoms with Gasteiger partial charge in [-0.3, -0.25) is 4.79 Å². The molecule has 2 aromatic heterocycles. The molecule has 0 radical (unpaired) electrons. The van der Waals surface area contributed by atoms with Crippen LogP contribution in [0.25, 0.3) is 0 Å². The van der Waals surface area contributed by atoms with Crippen LogP contribution in [-0.4, -0.2) is 41.3 Å². The van der Waals surface area contributed by atoms with Crippen molar-refractivity contribution in [1.29, 1.82) is 0 Å². The van der Waals surface area contributed by atoms with Crippen LogP contribution in [0.5, 0.6) is 0 Å². The van der Waals surface area contributed by atoms with E-state index in [9.17, 15) is 4.79 Å². The molecule has 0 spiro atoms. The van der Waals surface area contributed by atoms with E-state index in [0.29, 0.717) is 14.7 Å². The number of rotatable bonds is 4. The second-order valence-corrected chi connectivity index (χ2v) is 4.60. The van der Waals surface area contributed by atoms with Gasteiger partial charge in [0.2, 0.25) is 5.16 Å². The van der Waals surface area contributed by atoms with Gasteiger partial charge in [0.25, 0.3) is 0 Å². The van der Waals surface area contributed by atoms with Crippen LogP contribution in [0.4, 0.5) is 0 Å². The van der Waals surface area contributed by atoms with Gasteiger partial charge in [-0.25, -0.2) is 14.6 Å². The molecule has 17 heavy (non-hydrogen) atoms. The van der Waals surface area contributed by atoms with Gasteiger partial charge in [0, 0.05) is 6.20 Å². The van der Waals surface area contributed by atoms with Crippen molar-refractivity contribution in [2.24, 2.45) is 0 Å². The zero-order chi connectivity index (χ0) is 12.3. The fourth-order valence-electron chi connectivity index (χ4n) is 0.960. The van der Waals surface area contributed by atoms with Gasteiger partial charge in [0.05, 0.1) is 4.47 Å². The average Bonchev–Trinajstić information content (AvgIpc) is 2.68. The number of hydrogen-bond donors (Lipinski definition) is 1. The minimum Gasteiger partial charge on any atom is -0.480 e. The van der Waals surface area contributed by atoms with Crippen LogP contribution in [0.15, 0.2) is 27.2 Å². The number of nitrogens with zero attached hydrogens (tertiary/aromatic N) is 6. The van der Waals surface area contributed by atoms with Crippen LogP contribution in [0.1, 0.15) is 0 Å². The van der Waals surface area contributed by atoms with Crippen LogP contribution in [-0.2, 0) is 11.3 Å². The summed E-state index contributed by atoms with van der Waals surface area (Å²) in [6.45, 7) is -0.294. The molecule has 0 bridgehead atoms. The lowest BCUT2D eigenvalue weighted by atomic mass is 10.7. The fourth-order valence-corrected chi connectivity index (χ4v) is 2.13. The summed E-state index contributed by atoms with van der Waals surface area (Å²) in [6.07, 6.45) is 2.97. The summed E-state index contributed by atoms with van der Waals surface area (Å²) in [7, 11) is 0. The van der Waals surface area contributed by atoms with Crippen molar-refractivity contribution in [3.05, 3.63) is 17.0 Å². The smallest absolute Gasteiger partial charge is 0.325 e. The fraction of sp³-hybridized carbons (Fsp3) is 0.143. The third-order valence-corrected chi connectivity index (χ3v) is 3.44. The van der Waals surface area contributed by atoms with Crippen LogP contribution < -0.4 is 0 Å².